The Morgan fingerprint density at radius 2 is 1.84 bits per heavy atom. The Balaban J connectivity index is 1.93. The highest BCUT2D eigenvalue weighted by atomic mass is 16.5. The van der Waals surface area contributed by atoms with Gasteiger partial charge in [0.25, 0.3) is 5.91 Å². The second-order valence-corrected chi connectivity index (χ2v) is 7.23. The first-order valence-corrected chi connectivity index (χ1v) is 10.0. The molecule has 162 valence electrons. The Morgan fingerprint density at radius 1 is 1.10 bits per heavy atom. The molecule has 1 unspecified atom stereocenters. The van der Waals surface area contributed by atoms with Crippen LogP contribution in [0, 0.1) is 0 Å². The van der Waals surface area contributed by atoms with Crippen LogP contribution in [0.15, 0.2) is 65.9 Å². The Labute approximate surface area is 180 Å². The zero-order valence-electron chi connectivity index (χ0n) is 17.5. The number of aliphatic hydroxyl groups is 1. The zero-order chi connectivity index (χ0) is 22.4. The highest BCUT2D eigenvalue weighted by molar-refractivity contribution is 6.09. The normalized spacial score (nSPS) is 16.0. The first-order chi connectivity index (χ1) is 14.9. The number of hydrogen-bond acceptors (Lipinski definition) is 6. The number of benzene rings is 2. The van der Waals surface area contributed by atoms with Crippen LogP contribution in [0.4, 0.5) is 0 Å². The maximum absolute atomic E-state index is 13.1. The van der Waals surface area contributed by atoms with Crippen LogP contribution in [0.5, 0.6) is 5.75 Å². The van der Waals surface area contributed by atoms with E-state index in [0.29, 0.717) is 17.7 Å². The van der Waals surface area contributed by atoms with Crippen molar-refractivity contribution in [2.45, 2.75) is 25.8 Å². The molecule has 1 N–H and O–H groups in total. The fraction of sp³-hybridized carbons (Fsp3) is 0.292. The number of rotatable bonds is 9. The monoisotopic (exact) mass is 423 g/mol. The molecule has 31 heavy (non-hydrogen) atoms. The van der Waals surface area contributed by atoms with Gasteiger partial charge in [-0.2, -0.15) is 0 Å². The third-order valence-electron chi connectivity index (χ3n) is 5.06. The lowest BCUT2D eigenvalue weighted by molar-refractivity contribution is -0.132. The van der Waals surface area contributed by atoms with Gasteiger partial charge in [-0.05, 0) is 29.7 Å². The standard InChI is InChI=1S/C24H25NO6/c1-16(26)31-19-10-6-9-18(15-19)22-21(23(28)24(29)25(22)13-14-30-2)20(27)12-11-17-7-4-3-5-8-17/h3-10,15,22,28H,11-14H2,1-2H3. The van der Waals surface area contributed by atoms with Crippen molar-refractivity contribution in [1.29, 1.82) is 0 Å². The lowest BCUT2D eigenvalue weighted by Crippen LogP contribution is -2.34. The van der Waals surface area contributed by atoms with E-state index < -0.39 is 23.7 Å². The number of Topliss-reactive ketones (excluding diaryl/α,β-unsaturated/α-hetero) is 1. The van der Waals surface area contributed by atoms with E-state index in [9.17, 15) is 19.5 Å². The topological polar surface area (TPSA) is 93.1 Å². The second kappa shape index (κ2) is 10.0. The quantitative estimate of drug-likeness (QED) is 0.492. The summed E-state index contributed by atoms with van der Waals surface area (Å²) in [5, 5.41) is 10.6. The van der Waals surface area contributed by atoms with Gasteiger partial charge in [0.15, 0.2) is 11.5 Å². The van der Waals surface area contributed by atoms with Crippen LogP contribution < -0.4 is 4.74 Å². The molecular weight excluding hydrogens is 398 g/mol. The third-order valence-corrected chi connectivity index (χ3v) is 5.06. The van der Waals surface area contributed by atoms with E-state index in [1.54, 1.807) is 24.3 Å². The van der Waals surface area contributed by atoms with Crippen molar-refractivity contribution in [2.75, 3.05) is 20.3 Å². The summed E-state index contributed by atoms with van der Waals surface area (Å²) in [6.07, 6.45) is 0.637. The molecule has 1 heterocycles. The minimum Gasteiger partial charge on any atom is -0.503 e. The van der Waals surface area contributed by atoms with E-state index in [1.165, 1.54) is 18.9 Å². The van der Waals surface area contributed by atoms with Crippen molar-refractivity contribution < 1.29 is 29.0 Å². The summed E-state index contributed by atoms with van der Waals surface area (Å²) in [6.45, 7) is 1.73. The summed E-state index contributed by atoms with van der Waals surface area (Å²) in [5.41, 5.74) is 1.61. The molecule has 0 fully saturated rings. The Morgan fingerprint density at radius 3 is 2.52 bits per heavy atom. The smallest absolute Gasteiger partial charge is 0.308 e. The number of ether oxygens (including phenoxy) is 2. The van der Waals surface area contributed by atoms with Gasteiger partial charge in [0.05, 0.1) is 18.2 Å². The summed E-state index contributed by atoms with van der Waals surface area (Å²) in [6, 6.07) is 15.4. The Hall–Kier alpha value is -3.45. The van der Waals surface area contributed by atoms with Crippen LogP contribution in [-0.2, 0) is 25.5 Å². The van der Waals surface area contributed by atoms with Gasteiger partial charge >= 0.3 is 5.97 Å². The number of carbonyl (C=O) groups excluding carboxylic acids is 3. The van der Waals surface area contributed by atoms with Gasteiger partial charge < -0.3 is 19.5 Å². The number of hydrogen-bond donors (Lipinski definition) is 1. The van der Waals surface area contributed by atoms with Gasteiger partial charge in [0, 0.05) is 27.0 Å². The van der Waals surface area contributed by atoms with Crippen molar-refractivity contribution in [3.05, 3.63) is 77.1 Å². The first kappa shape index (κ1) is 22.2. The molecule has 7 nitrogen and oxygen atoms in total. The predicted molar refractivity (Wildman–Crippen MR) is 114 cm³/mol. The van der Waals surface area contributed by atoms with Crippen LogP contribution in [0.1, 0.15) is 30.5 Å². The molecule has 0 aliphatic carbocycles. The van der Waals surface area contributed by atoms with Crippen LogP contribution in [0.3, 0.4) is 0 Å². The summed E-state index contributed by atoms with van der Waals surface area (Å²) in [7, 11) is 1.51. The minimum atomic E-state index is -0.790. The highest BCUT2D eigenvalue weighted by Crippen LogP contribution is 2.39. The van der Waals surface area contributed by atoms with Crippen molar-refractivity contribution in [3.8, 4) is 5.75 Å². The zero-order valence-corrected chi connectivity index (χ0v) is 17.5. The van der Waals surface area contributed by atoms with Gasteiger partial charge in [0.2, 0.25) is 0 Å². The molecule has 1 aliphatic heterocycles. The highest BCUT2D eigenvalue weighted by Gasteiger charge is 2.43. The Bertz CT molecular complexity index is 998. The van der Waals surface area contributed by atoms with Crippen molar-refractivity contribution >= 4 is 17.7 Å². The fourth-order valence-corrected chi connectivity index (χ4v) is 3.66. The van der Waals surface area contributed by atoms with Crippen molar-refractivity contribution in [1.82, 2.24) is 4.90 Å². The SMILES string of the molecule is COCCN1C(=O)C(O)=C(C(=O)CCc2ccccc2)C1c1cccc(OC(C)=O)c1. The maximum Gasteiger partial charge on any atom is 0.308 e. The van der Waals surface area contributed by atoms with Crippen LogP contribution in [0.25, 0.3) is 0 Å². The van der Waals surface area contributed by atoms with Crippen molar-refractivity contribution in [2.24, 2.45) is 0 Å². The number of nitrogens with zero attached hydrogens (tertiary/aromatic N) is 1. The summed E-state index contributed by atoms with van der Waals surface area (Å²) in [5.74, 6) is -1.65. The van der Waals surface area contributed by atoms with E-state index >= 15 is 0 Å². The van der Waals surface area contributed by atoms with E-state index in [1.807, 2.05) is 30.3 Å². The second-order valence-electron chi connectivity index (χ2n) is 7.23. The fourth-order valence-electron chi connectivity index (χ4n) is 3.66. The lowest BCUT2D eigenvalue weighted by Gasteiger charge is -2.26. The maximum atomic E-state index is 13.1. The van der Waals surface area contributed by atoms with Gasteiger partial charge in [-0.3, -0.25) is 14.4 Å². The van der Waals surface area contributed by atoms with E-state index in [0.717, 1.165) is 5.56 Å². The molecule has 0 radical (unpaired) electrons. The largest absolute Gasteiger partial charge is 0.503 e. The number of aliphatic hydroxyl groups excluding tert-OH is 1. The first-order valence-electron chi connectivity index (χ1n) is 10.0. The molecule has 7 heteroatoms. The average Bonchev–Trinajstić information content (AvgIpc) is 3.01. The molecule has 0 aromatic heterocycles. The Kier molecular flexibility index (Phi) is 7.20. The molecule has 2 aromatic carbocycles. The third kappa shape index (κ3) is 5.19. The summed E-state index contributed by atoms with van der Waals surface area (Å²) >= 11 is 0. The molecule has 0 spiro atoms. The van der Waals surface area contributed by atoms with E-state index in [-0.39, 0.29) is 30.9 Å². The molecule has 3 rings (SSSR count). The van der Waals surface area contributed by atoms with Gasteiger partial charge in [0.1, 0.15) is 5.75 Å². The number of aryl methyl sites for hydroxylation is 1. The van der Waals surface area contributed by atoms with Crippen molar-refractivity contribution in [3.63, 3.8) is 0 Å². The molecular formula is C24H25NO6. The number of carbonyl (C=O) groups is 3. The lowest BCUT2D eigenvalue weighted by atomic mass is 9.93. The molecule has 1 atom stereocenters. The van der Waals surface area contributed by atoms with Crippen LogP contribution >= 0.6 is 0 Å². The number of methoxy groups -OCH3 is 1. The number of amides is 1. The van der Waals surface area contributed by atoms with Gasteiger partial charge in [-0.25, -0.2) is 0 Å². The van der Waals surface area contributed by atoms with E-state index in [2.05, 4.69) is 0 Å². The number of ketones is 1. The summed E-state index contributed by atoms with van der Waals surface area (Å²) in [4.78, 5) is 38.6. The van der Waals surface area contributed by atoms with Gasteiger partial charge in [-0.15, -0.1) is 0 Å². The molecule has 0 bridgehead atoms. The predicted octanol–water partition coefficient (Wildman–Crippen LogP) is 3.16. The molecule has 2 aromatic rings. The van der Waals surface area contributed by atoms with Crippen LogP contribution in [0.2, 0.25) is 0 Å². The van der Waals surface area contributed by atoms with Gasteiger partial charge in [-0.1, -0.05) is 42.5 Å². The minimum absolute atomic E-state index is 0.0528. The summed E-state index contributed by atoms with van der Waals surface area (Å²) < 4.78 is 10.3. The molecule has 1 aliphatic rings. The van der Waals surface area contributed by atoms with Crippen LogP contribution in [-0.4, -0.2) is 47.9 Å². The van der Waals surface area contributed by atoms with E-state index in [4.69, 9.17) is 9.47 Å². The molecule has 1 amide bonds. The average molecular weight is 423 g/mol. The number of esters is 1. The molecule has 0 saturated heterocycles. The molecule has 0 saturated carbocycles.